The number of hydrogen-bond acceptors (Lipinski definition) is 12. The van der Waals surface area contributed by atoms with E-state index >= 15 is 0 Å². The molecule has 0 saturated carbocycles. The zero-order chi connectivity index (χ0) is 44.0. The van der Waals surface area contributed by atoms with Crippen molar-refractivity contribution >= 4 is 106 Å². The zero-order valence-electron chi connectivity index (χ0n) is 33.8. The van der Waals surface area contributed by atoms with Gasteiger partial charge in [0.1, 0.15) is 11.6 Å². The van der Waals surface area contributed by atoms with Crippen LogP contribution in [0.5, 0.6) is 0 Å². The predicted molar refractivity (Wildman–Crippen MR) is 260 cm³/mol. The monoisotopic (exact) mass is 1090 g/mol. The summed E-state index contributed by atoms with van der Waals surface area (Å²) in [7, 11) is 0. The average molecular weight is 1090 g/mol. The number of morpholine rings is 3. The second-order valence-corrected chi connectivity index (χ2v) is 17.9. The van der Waals surface area contributed by atoms with E-state index in [-0.39, 0.29) is 24.1 Å². The minimum Gasteiger partial charge on any atom is -0.371 e. The summed E-state index contributed by atoms with van der Waals surface area (Å²) in [6.07, 6.45) is 5.22. The van der Waals surface area contributed by atoms with Gasteiger partial charge in [0.15, 0.2) is 11.6 Å². The van der Waals surface area contributed by atoms with Crippen LogP contribution in [0.25, 0.3) is 0 Å². The lowest BCUT2D eigenvalue weighted by molar-refractivity contribution is 0.0276. The summed E-state index contributed by atoms with van der Waals surface area (Å²) in [6.45, 7) is 7.49. The van der Waals surface area contributed by atoms with Crippen molar-refractivity contribution in [1.82, 2.24) is 30.9 Å². The van der Waals surface area contributed by atoms with Crippen molar-refractivity contribution in [3.05, 3.63) is 156 Å². The molecule has 3 atom stereocenters. The average Bonchev–Trinajstić information content (AvgIpc) is 3.31. The molecule has 3 aliphatic heterocycles. The molecule has 0 amide bonds. The van der Waals surface area contributed by atoms with Gasteiger partial charge in [-0.1, -0.05) is 59.6 Å². The molecule has 3 fully saturated rings. The maximum absolute atomic E-state index is 13.7. The van der Waals surface area contributed by atoms with Crippen molar-refractivity contribution in [2.75, 3.05) is 75.0 Å². The summed E-state index contributed by atoms with van der Waals surface area (Å²) in [5.74, 6) is 1.20. The van der Waals surface area contributed by atoms with Crippen molar-refractivity contribution < 1.29 is 18.6 Å². The van der Waals surface area contributed by atoms with E-state index in [1.165, 1.54) is 11.6 Å². The van der Waals surface area contributed by atoms with E-state index < -0.39 is 5.82 Å². The van der Waals surface area contributed by atoms with Crippen LogP contribution in [0.2, 0.25) is 10.0 Å². The Labute approximate surface area is 401 Å². The van der Waals surface area contributed by atoms with Gasteiger partial charge in [-0.15, -0.1) is 0 Å². The van der Waals surface area contributed by atoms with Gasteiger partial charge in [-0.3, -0.25) is 0 Å². The van der Waals surface area contributed by atoms with Crippen LogP contribution in [0.1, 0.15) is 35.0 Å². The quantitative estimate of drug-likeness (QED) is 0.0822. The lowest BCUT2D eigenvalue weighted by atomic mass is 10.1. The van der Waals surface area contributed by atoms with Crippen molar-refractivity contribution in [3.8, 4) is 0 Å². The van der Waals surface area contributed by atoms with Crippen molar-refractivity contribution in [1.29, 1.82) is 0 Å². The third-order valence-electron chi connectivity index (χ3n) is 9.84. The van der Waals surface area contributed by atoms with E-state index in [1.807, 2.05) is 66.7 Å². The van der Waals surface area contributed by atoms with Gasteiger partial charge in [0.05, 0.1) is 52.7 Å². The Bertz CT molecular complexity index is 2110. The number of halogens is 6. The first-order chi connectivity index (χ1) is 30.7. The Morgan fingerprint density at radius 2 is 0.921 bits per heavy atom. The van der Waals surface area contributed by atoms with Gasteiger partial charge in [-0.05, 0) is 119 Å². The number of nitrogens with zero attached hydrogens (tertiary/aromatic N) is 3. The lowest BCUT2D eigenvalue weighted by Crippen LogP contribution is -2.33. The highest BCUT2D eigenvalue weighted by molar-refractivity contribution is 9.11. The fourth-order valence-electron chi connectivity index (χ4n) is 6.61. The minimum atomic E-state index is -0.395. The molecule has 0 unspecified atom stereocenters. The second kappa shape index (κ2) is 23.9. The molecule has 3 aliphatic rings. The molecule has 3 saturated heterocycles. The number of hydrogen-bond donors (Lipinski definition) is 6. The Morgan fingerprint density at radius 1 is 0.524 bits per heavy atom. The Hall–Kier alpha value is -3.78. The maximum Gasteiger partial charge on any atom is 0.166 e. The third-order valence-corrected chi connectivity index (χ3v) is 11.8. The molecule has 18 heteroatoms. The Balaban J connectivity index is 0.000000142. The lowest BCUT2D eigenvalue weighted by Gasteiger charge is -2.24. The molecule has 6 aromatic rings. The van der Waals surface area contributed by atoms with Crippen LogP contribution in [0.4, 0.5) is 38.9 Å². The molecule has 9 rings (SSSR count). The summed E-state index contributed by atoms with van der Waals surface area (Å²) in [5, 5.41) is 20.4. The number of aromatic nitrogens is 3. The molecule has 3 aromatic carbocycles. The van der Waals surface area contributed by atoms with Gasteiger partial charge < -0.3 is 46.1 Å². The number of benzene rings is 3. The van der Waals surface area contributed by atoms with Crippen LogP contribution in [0.15, 0.2) is 123 Å². The molecular formula is C45H45Br3Cl2FN9O3. The number of nitrogens with one attached hydrogen (secondary N) is 6. The largest absolute Gasteiger partial charge is 0.371 e. The van der Waals surface area contributed by atoms with Crippen LogP contribution in [-0.4, -0.2) is 74.0 Å². The van der Waals surface area contributed by atoms with E-state index in [2.05, 4.69) is 107 Å². The molecular weight excluding hydrogens is 1040 g/mol. The first-order valence-corrected chi connectivity index (χ1v) is 23.3. The molecule has 63 heavy (non-hydrogen) atoms. The van der Waals surface area contributed by atoms with Gasteiger partial charge >= 0.3 is 0 Å². The summed E-state index contributed by atoms with van der Waals surface area (Å²) in [5.41, 5.74) is 6.16. The Morgan fingerprint density at radius 3 is 1.32 bits per heavy atom. The summed E-state index contributed by atoms with van der Waals surface area (Å²) in [4.78, 5) is 12.5. The standard InChI is InChI=1S/C15H15Br2N3O.C15H15BrFN3O.C15H15Cl2N3O/c3*16-11-7-13(17)15(19-8-11)20-12-3-1-10(2-4-12)14-9-18-5-6-21-14/h3*1-4,7-8,14,18H,5-6,9H2,(H,19,20)/t3*14-/m111/s1. The minimum absolute atomic E-state index is 0.0790. The van der Waals surface area contributed by atoms with Crippen LogP contribution < -0.4 is 31.9 Å². The molecule has 0 radical (unpaired) electrons. The number of rotatable bonds is 9. The van der Waals surface area contributed by atoms with Gasteiger partial charge in [-0.25, -0.2) is 19.3 Å². The molecule has 12 nitrogen and oxygen atoms in total. The second-order valence-electron chi connectivity index (χ2n) is 14.4. The summed E-state index contributed by atoms with van der Waals surface area (Å²) < 4.78 is 33.4. The zero-order valence-corrected chi connectivity index (χ0v) is 40.1. The SMILES string of the molecule is Brc1cnc(Nc2ccc([C@H]3CNCCO3)cc2)c(Br)c1.Clc1cnc(Nc2ccc([C@H]3CNCCO3)cc2)c(Cl)c1.Fc1cc(Br)cnc1Nc1ccc([C@H]2CNCCO2)cc1. The smallest absolute Gasteiger partial charge is 0.166 e. The molecule has 3 aromatic heterocycles. The van der Waals surface area contributed by atoms with Crippen LogP contribution in [-0.2, 0) is 14.2 Å². The van der Waals surface area contributed by atoms with Crippen LogP contribution in [0, 0.1) is 5.82 Å². The molecule has 0 aliphatic carbocycles. The van der Waals surface area contributed by atoms with Gasteiger partial charge in [0.25, 0.3) is 0 Å². The van der Waals surface area contributed by atoms with Crippen molar-refractivity contribution in [3.63, 3.8) is 0 Å². The van der Waals surface area contributed by atoms with E-state index in [0.29, 0.717) is 20.3 Å². The number of ether oxygens (including phenoxy) is 3. The Kier molecular flexibility index (Phi) is 17.9. The normalized spacial score (nSPS) is 18.5. The van der Waals surface area contributed by atoms with Gasteiger partial charge in [-0.2, -0.15) is 0 Å². The number of pyridine rings is 3. The molecule has 6 N–H and O–H groups in total. The summed E-state index contributed by atoms with van der Waals surface area (Å²) >= 11 is 22.0. The summed E-state index contributed by atoms with van der Waals surface area (Å²) in [6, 6.07) is 29.1. The fourth-order valence-corrected chi connectivity index (χ4v) is 8.43. The van der Waals surface area contributed by atoms with Crippen LogP contribution >= 0.6 is 71.0 Å². The molecule has 6 heterocycles. The molecule has 0 spiro atoms. The molecule has 330 valence electrons. The third kappa shape index (κ3) is 14.4. The highest BCUT2D eigenvalue weighted by Gasteiger charge is 2.18. The van der Waals surface area contributed by atoms with Crippen molar-refractivity contribution in [2.24, 2.45) is 0 Å². The van der Waals surface area contributed by atoms with E-state index in [1.54, 1.807) is 24.7 Å². The highest BCUT2D eigenvalue weighted by Crippen LogP contribution is 2.30. The van der Waals surface area contributed by atoms with E-state index in [0.717, 1.165) is 102 Å². The topological polar surface area (TPSA) is 139 Å². The van der Waals surface area contributed by atoms with E-state index in [4.69, 9.17) is 37.4 Å². The molecule has 0 bridgehead atoms. The number of anilines is 6. The highest BCUT2D eigenvalue weighted by atomic mass is 79.9. The van der Waals surface area contributed by atoms with E-state index in [9.17, 15) is 4.39 Å². The maximum atomic E-state index is 13.7. The first kappa shape index (κ1) is 47.2. The van der Waals surface area contributed by atoms with Crippen molar-refractivity contribution in [2.45, 2.75) is 18.3 Å². The predicted octanol–water partition coefficient (Wildman–Crippen LogP) is 11.2. The first-order valence-electron chi connectivity index (χ1n) is 20.2. The van der Waals surface area contributed by atoms with Gasteiger partial charge in [0, 0.05) is 83.9 Å². The fraction of sp³-hybridized carbons (Fsp3) is 0.267. The van der Waals surface area contributed by atoms with Gasteiger partial charge in [0.2, 0.25) is 0 Å². The van der Waals surface area contributed by atoms with Crippen LogP contribution in [0.3, 0.4) is 0 Å².